The summed E-state index contributed by atoms with van der Waals surface area (Å²) in [5.74, 6) is 0. The lowest BCUT2D eigenvalue weighted by atomic mass is 10.2. The van der Waals surface area contributed by atoms with Gasteiger partial charge in [-0.05, 0) is 13.8 Å². The van der Waals surface area contributed by atoms with Crippen LogP contribution in [-0.4, -0.2) is 25.1 Å². The van der Waals surface area contributed by atoms with E-state index in [0.717, 1.165) is 0 Å². The van der Waals surface area contributed by atoms with Crippen molar-refractivity contribution in [3.63, 3.8) is 0 Å². The quantitative estimate of drug-likeness (QED) is 0.466. The van der Waals surface area contributed by atoms with Crippen molar-refractivity contribution in [1.82, 2.24) is 10.6 Å². The molecule has 1 aliphatic rings. The fourth-order valence-corrected chi connectivity index (χ4v) is 0.694. The highest BCUT2D eigenvalue weighted by atomic mass is 15.1. The van der Waals surface area contributed by atoms with E-state index in [-0.39, 0.29) is 0 Å². The molecule has 0 saturated carbocycles. The molecule has 48 valence electrons. The first-order valence-corrected chi connectivity index (χ1v) is 2.73. The summed E-state index contributed by atoms with van der Waals surface area (Å²) in [6.45, 7) is 0.672. The van der Waals surface area contributed by atoms with E-state index in [1.807, 2.05) is 0 Å². The Morgan fingerprint density at radius 3 is 3.12 bits per heavy atom. The third kappa shape index (κ3) is 1.46. The molecule has 1 aliphatic heterocycles. The molecule has 0 aromatic heterocycles. The van der Waals surface area contributed by atoms with Gasteiger partial charge >= 0.3 is 0 Å². The van der Waals surface area contributed by atoms with Crippen LogP contribution in [0.5, 0.6) is 0 Å². The SMILES string of the molecule is [2H]C1NC([2H])([2H])C(C)NC1([2H])C. The van der Waals surface area contributed by atoms with Crippen LogP contribution in [0, 0.1) is 0 Å². The molecule has 1 rings (SSSR count). The number of rotatable bonds is 0. The topological polar surface area (TPSA) is 24.1 Å². The Labute approximate surface area is 56.3 Å². The maximum Gasteiger partial charge on any atom is 0.0475 e. The average Bonchev–Trinajstić information content (AvgIpc) is 1.82. The molecule has 3 unspecified atom stereocenters. The maximum absolute atomic E-state index is 7.61. The van der Waals surface area contributed by atoms with Gasteiger partial charge in [0.1, 0.15) is 0 Å². The predicted octanol–water partition coefficient (Wildman–Crippen LogP) is -0.0438. The van der Waals surface area contributed by atoms with E-state index in [4.69, 9.17) is 5.48 Å². The van der Waals surface area contributed by atoms with E-state index in [0.29, 0.717) is 0 Å². The Hall–Kier alpha value is -0.0800. The molecule has 0 aromatic rings. The Kier molecular flexibility index (Phi) is 0.822. The van der Waals surface area contributed by atoms with Crippen LogP contribution in [0.25, 0.3) is 0 Å². The lowest BCUT2D eigenvalue weighted by Gasteiger charge is -2.26. The van der Waals surface area contributed by atoms with Crippen LogP contribution in [0.4, 0.5) is 0 Å². The second-order valence-corrected chi connectivity index (χ2v) is 1.98. The molecule has 1 saturated heterocycles. The highest BCUT2D eigenvalue weighted by Gasteiger charge is 2.11. The van der Waals surface area contributed by atoms with Gasteiger partial charge in [-0.15, -0.1) is 0 Å². The first-order valence-electron chi connectivity index (χ1n) is 4.81. The molecule has 8 heavy (non-hydrogen) atoms. The van der Waals surface area contributed by atoms with E-state index in [1.54, 1.807) is 13.8 Å². The lowest BCUT2D eigenvalue weighted by molar-refractivity contribution is 0.370. The highest BCUT2D eigenvalue weighted by molar-refractivity contribution is 4.76. The van der Waals surface area contributed by atoms with Crippen LogP contribution < -0.4 is 10.6 Å². The summed E-state index contributed by atoms with van der Waals surface area (Å²) in [5, 5.41) is 5.18. The minimum atomic E-state index is -1.60. The Morgan fingerprint density at radius 1 is 1.75 bits per heavy atom. The van der Waals surface area contributed by atoms with Gasteiger partial charge in [-0.25, -0.2) is 0 Å². The van der Waals surface area contributed by atoms with Crippen molar-refractivity contribution < 1.29 is 5.48 Å². The smallest absolute Gasteiger partial charge is 0.0475 e. The van der Waals surface area contributed by atoms with Gasteiger partial charge in [0.15, 0.2) is 0 Å². The number of hydrogen-bond acceptors (Lipinski definition) is 2. The van der Waals surface area contributed by atoms with Crippen LogP contribution in [0.15, 0.2) is 0 Å². The second-order valence-electron chi connectivity index (χ2n) is 1.98. The summed E-state index contributed by atoms with van der Waals surface area (Å²) in [6.07, 6.45) is 0. The van der Waals surface area contributed by atoms with Gasteiger partial charge in [0.2, 0.25) is 0 Å². The molecule has 2 heteroatoms. The largest absolute Gasteiger partial charge is 0.314 e. The third-order valence-electron chi connectivity index (χ3n) is 1.03. The monoisotopic (exact) mass is 118 g/mol. The van der Waals surface area contributed by atoms with Crippen LogP contribution in [-0.2, 0) is 0 Å². The maximum atomic E-state index is 7.61. The summed E-state index contributed by atoms with van der Waals surface area (Å²) < 4.78 is 29.9. The molecular formula is C6H14N2. The van der Waals surface area contributed by atoms with Crippen LogP contribution in [0.3, 0.4) is 0 Å². The molecule has 0 radical (unpaired) electrons. The molecule has 0 aliphatic carbocycles. The Bertz CT molecular complexity index is 162. The van der Waals surface area contributed by atoms with Gasteiger partial charge in [0.25, 0.3) is 0 Å². The zero-order valence-corrected chi connectivity index (χ0v) is 5.15. The van der Waals surface area contributed by atoms with E-state index in [9.17, 15) is 0 Å². The Balaban J connectivity index is 2.76. The molecule has 0 amide bonds. The molecule has 0 spiro atoms. The van der Waals surface area contributed by atoms with E-state index >= 15 is 0 Å². The molecule has 1 heterocycles. The molecular weight excluding hydrogens is 100 g/mol. The van der Waals surface area contributed by atoms with Crippen molar-refractivity contribution in [2.24, 2.45) is 0 Å². The molecule has 2 N–H and O–H groups in total. The van der Waals surface area contributed by atoms with Gasteiger partial charge < -0.3 is 10.6 Å². The minimum Gasteiger partial charge on any atom is -0.314 e. The van der Waals surface area contributed by atoms with Crippen LogP contribution >= 0.6 is 0 Å². The second kappa shape index (κ2) is 2.46. The highest BCUT2D eigenvalue weighted by Crippen LogP contribution is 1.90. The zero-order valence-electron chi connectivity index (χ0n) is 9.15. The van der Waals surface area contributed by atoms with Crippen molar-refractivity contribution >= 4 is 0 Å². The average molecular weight is 118 g/mol. The van der Waals surface area contributed by atoms with Gasteiger partial charge in [0.05, 0.1) is 0 Å². The minimum absolute atomic E-state index is 0.457. The number of hydrogen-bond donors (Lipinski definition) is 2. The van der Waals surface area contributed by atoms with Crippen molar-refractivity contribution in [3.8, 4) is 0 Å². The molecule has 0 aromatic carbocycles. The molecule has 3 atom stereocenters. The Morgan fingerprint density at radius 2 is 2.50 bits per heavy atom. The fourth-order valence-electron chi connectivity index (χ4n) is 0.694. The van der Waals surface area contributed by atoms with Crippen molar-refractivity contribution in [1.29, 1.82) is 0 Å². The van der Waals surface area contributed by atoms with E-state index in [1.165, 1.54) is 0 Å². The summed E-state index contributed by atoms with van der Waals surface area (Å²) in [5.41, 5.74) is 0. The first kappa shape index (κ1) is 2.67. The van der Waals surface area contributed by atoms with E-state index < -0.39 is 25.1 Å². The van der Waals surface area contributed by atoms with Crippen LogP contribution in [0.2, 0.25) is 0 Å². The standard InChI is InChI=1S/C6H14N2/c1-5-3-7-4-6(2)8-5/h5-8H,3-4H2,1-2H3/i3D,4D2,5D. The number of piperazine rings is 1. The fraction of sp³-hybridized carbons (Fsp3) is 1.00. The predicted molar refractivity (Wildman–Crippen MR) is 34.9 cm³/mol. The summed E-state index contributed by atoms with van der Waals surface area (Å²) in [4.78, 5) is 0. The van der Waals surface area contributed by atoms with Crippen molar-refractivity contribution in [2.75, 3.05) is 13.0 Å². The van der Waals surface area contributed by atoms with Crippen molar-refractivity contribution in [3.05, 3.63) is 0 Å². The third-order valence-corrected chi connectivity index (χ3v) is 1.03. The number of nitrogens with one attached hydrogen (secondary N) is 2. The van der Waals surface area contributed by atoms with E-state index in [2.05, 4.69) is 10.6 Å². The lowest BCUT2D eigenvalue weighted by Crippen LogP contribution is -2.52. The zero-order chi connectivity index (χ0) is 9.57. The summed E-state index contributed by atoms with van der Waals surface area (Å²) >= 11 is 0. The van der Waals surface area contributed by atoms with Gasteiger partial charge in [-0.1, -0.05) is 0 Å². The molecule has 2 nitrogen and oxygen atoms in total. The summed E-state index contributed by atoms with van der Waals surface area (Å²) in [6, 6.07) is -1.58. The normalized spacial score (nSPS) is 71.8. The summed E-state index contributed by atoms with van der Waals surface area (Å²) in [7, 11) is 0. The van der Waals surface area contributed by atoms with Crippen molar-refractivity contribution in [2.45, 2.75) is 25.9 Å². The molecule has 0 bridgehead atoms. The van der Waals surface area contributed by atoms with Crippen LogP contribution in [0.1, 0.15) is 19.3 Å². The van der Waals surface area contributed by atoms with Gasteiger partial charge in [-0.3, -0.25) is 0 Å². The molecule has 1 fully saturated rings. The van der Waals surface area contributed by atoms with Gasteiger partial charge in [0, 0.05) is 30.6 Å². The first-order chi connectivity index (χ1) is 5.26. The van der Waals surface area contributed by atoms with Gasteiger partial charge in [-0.2, -0.15) is 0 Å².